The minimum atomic E-state index is -2.03. The highest BCUT2D eigenvalue weighted by Crippen LogP contribution is 2.40. The van der Waals surface area contributed by atoms with Crippen molar-refractivity contribution in [3.63, 3.8) is 0 Å². The highest BCUT2D eigenvalue weighted by Gasteiger charge is 2.36. The van der Waals surface area contributed by atoms with E-state index in [1.165, 1.54) is 0 Å². The summed E-state index contributed by atoms with van der Waals surface area (Å²) < 4.78 is 0. The van der Waals surface area contributed by atoms with Gasteiger partial charge in [0.15, 0.2) is 33.6 Å². The van der Waals surface area contributed by atoms with Crippen molar-refractivity contribution in [1.82, 2.24) is 0 Å². The third kappa shape index (κ3) is 14.1. The number of benzene rings is 14. The molecule has 0 spiro atoms. The Kier molecular flexibility index (Phi) is 20.1. The Bertz CT molecular complexity index is 5230. The van der Waals surface area contributed by atoms with Crippen molar-refractivity contribution in [2.75, 3.05) is 0 Å². The van der Waals surface area contributed by atoms with Gasteiger partial charge in [0.2, 0.25) is 0 Å². The molecule has 14 aromatic carbocycles. The van der Waals surface area contributed by atoms with Gasteiger partial charge in [0, 0.05) is 99.8 Å². The minimum absolute atomic E-state index is 0.152. The standard InChI is InChI=1S/C100H68O6/c101-95(77-37-13-1-14-38-77,78-39-15-2-16-40-78)67-61-75-73-93-92(66-72-100(106,87-57-33-11-34-58-87)88-59-35-12-36-60-88)90(64-70-98(104,83-49-25-7-26-50-83)84-51-27-8-28-52-84)76(62-68-96(102,79-41-17-3-18-42-79)80-43-19-4-20-44-80)74-94(93)91(65-71-99(105,85-53-29-9-30-54-85)86-55-31-10-32-56-86)89(75)63-69-97(103,81-45-21-5-22-46-81)82-47-23-6-24-48-82/h1-60,73-74,101-106H. The highest BCUT2D eigenvalue weighted by atomic mass is 16.3. The van der Waals surface area contributed by atoms with E-state index in [0.717, 1.165) is 0 Å². The van der Waals surface area contributed by atoms with E-state index < -0.39 is 33.6 Å². The Morgan fingerprint density at radius 1 is 0.151 bits per heavy atom. The van der Waals surface area contributed by atoms with Crippen LogP contribution >= 0.6 is 0 Å². The lowest BCUT2D eigenvalue weighted by Gasteiger charge is -2.25. The average Bonchev–Trinajstić information content (AvgIpc) is 0.735. The van der Waals surface area contributed by atoms with Gasteiger partial charge in [-0.1, -0.05) is 435 Å². The van der Waals surface area contributed by atoms with Crippen molar-refractivity contribution in [3.8, 4) is 71.0 Å². The van der Waals surface area contributed by atoms with Crippen LogP contribution in [-0.4, -0.2) is 30.6 Å². The average molecular weight is 1370 g/mol. The van der Waals surface area contributed by atoms with E-state index in [-0.39, 0.29) is 33.4 Å². The van der Waals surface area contributed by atoms with Crippen LogP contribution in [0.2, 0.25) is 0 Å². The van der Waals surface area contributed by atoms with E-state index in [1.54, 1.807) is 158 Å². The topological polar surface area (TPSA) is 121 Å². The summed E-state index contributed by atoms with van der Waals surface area (Å²) in [5.74, 6) is 41.2. The third-order valence-electron chi connectivity index (χ3n) is 19.0. The third-order valence-corrected chi connectivity index (χ3v) is 19.0. The zero-order valence-electron chi connectivity index (χ0n) is 57.5. The predicted molar refractivity (Wildman–Crippen MR) is 421 cm³/mol. The fourth-order valence-electron chi connectivity index (χ4n) is 13.2. The zero-order valence-corrected chi connectivity index (χ0v) is 57.5. The molecule has 106 heavy (non-hydrogen) atoms. The summed E-state index contributed by atoms with van der Waals surface area (Å²) >= 11 is 0. The van der Waals surface area contributed by atoms with Crippen LogP contribution in [0.15, 0.2) is 376 Å². The molecule has 0 bridgehead atoms. The van der Waals surface area contributed by atoms with E-state index in [2.05, 4.69) is 71.0 Å². The van der Waals surface area contributed by atoms with Gasteiger partial charge >= 0.3 is 0 Å². The Balaban J connectivity index is 1.23. The normalized spacial score (nSPS) is 11.4. The van der Waals surface area contributed by atoms with E-state index in [0.29, 0.717) is 77.5 Å². The van der Waals surface area contributed by atoms with Crippen LogP contribution in [0.1, 0.15) is 100 Å². The highest BCUT2D eigenvalue weighted by molar-refractivity contribution is 5.99. The molecule has 0 aliphatic rings. The number of fused-ring (bicyclic) bond motifs is 1. The van der Waals surface area contributed by atoms with Gasteiger partial charge in [-0.25, -0.2) is 0 Å². The monoisotopic (exact) mass is 1360 g/mol. The molecule has 504 valence electrons. The maximum Gasteiger partial charge on any atom is 0.177 e. The lowest BCUT2D eigenvalue weighted by Crippen LogP contribution is -2.26. The second-order valence-corrected chi connectivity index (χ2v) is 25.6. The lowest BCUT2D eigenvalue weighted by atomic mass is 9.82. The largest absolute Gasteiger partial charge is 0.369 e. The molecule has 14 rings (SSSR count). The van der Waals surface area contributed by atoms with Crippen molar-refractivity contribution in [1.29, 1.82) is 0 Å². The molecule has 6 N–H and O–H groups in total. The van der Waals surface area contributed by atoms with Crippen molar-refractivity contribution in [2.24, 2.45) is 0 Å². The van der Waals surface area contributed by atoms with Crippen molar-refractivity contribution < 1.29 is 30.6 Å². The number of aliphatic hydroxyl groups is 6. The van der Waals surface area contributed by atoms with E-state index >= 15 is 0 Å². The molecule has 0 unspecified atom stereocenters. The molecule has 0 fully saturated rings. The van der Waals surface area contributed by atoms with Crippen LogP contribution in [0.25, 0.3) is 10.8 Å². The Hall–Kier alpha value is -13.5. The number of hydrogen-bond acceptors (Lipinski definition) is 6. The second kappa shape index (κ2) is 30.6. The minimum Gasteiger partial charge on any atom is -0.369 e. The number of hydrogen-bond donors (Lipinski definition) is 6. The summed E-state index contributed by atoms with van der Waals surface area (Å²) in [6.07, 6.45) is 0. The first-order chi connectivity index (χ1) is 51.8. The van der Waals surface area contributed by atoms with Gasteiger partial charge in [0.1, 0.15) is 0 Å². The zero-order chi connectivity index (χ0) is 72.9. The van der Waals surface area contributed by atoms with Gasteiger partial charge in [-0.2, -0.15) is 0 Å². The Labute approximate surface area is 618 Å². The fourth-order valence-corrected chi connectivity index (χ4v) is 13.2. The Morgan fingerprint density at radius 2 is 0.274 bits per heavy atom. The molecular weight excluding hydrogens is 1300 g/mol. The summed E-state index contributed by atoms with van der Waals surface area (Å²) in [5.41, 5.74) is -5.62. The first-order valence-electron chi connectivity index (χ1n) is 34.7. The second-order valence-electron chi connectivity index (χ2n) is 25.6. The SMILES string of the molecule is OC(C#Cc1cc2c(C#CC(O)(c3ccccc3)c3ccccc3)c(C#CC(O)(c3ccccc3)c3ccccc3)c(C#CC(O)(c3ccccc3)c3ccccc3)cc2c(C#CC(O)(c2ccccc2)c2ccccc2)c1C#CC(O)(c1ccccc1)c1ccccc1)(c1ccccc1)c1ccccc1. The fraction of sp³-hybridized carbons (Fsp3) is 0.0600. The molecule has 0 heterocycles. The van der Waals surface area contributed by atoms with Crippen LogP contribution in [0, 0.1) is 71.0 Å². The van der Waals surface area contributed by atoms with Gasteiger partial charge in [-0.05, 0) is 12.1 Å². The smallest absolute Gasteiger partial charge is 0.177 e. The van der Waals surface area contributed by atoms with E-state index in [1.807, 2.05) is 218 Å². The summed E-state index contributed by atoms with van der Waals surface area (Å²) in [7, 11) is 0. The molecular formula is C100H68O6. The summed E-state index contributed by atoms with van der Waals surface area (Å²) in [4.78, 5) is 0. The van der Waals surface area contributed by atoms with Crippen molar-refractivity contribution in [2.45, 2.75) is 33.6 Å². The summed E-state index contributed by atoms with van der Waals surface area (Å²) in [5, 5.41) is 82.2. The molecule has 0 aliphatic carbocycles. The van der Waals surface area contributed by atoms with Crippen LogP contribution < -0.4 is 0 Å². The summed E-state index contributed by atoms with van der Waals surface area (Å²) in [6.45, 7) is 0. The van der Waals surface area contributed by atoms with Gasteiger partial charge in [-0.15, -0.1) is 0 Å². The van der Waals surface area contributed by atoms with Gasteiger partial charge in [-0.3, -0.25) is 0 Å². The van der Waals surface area contributed by atoms with E-state index in [4.69, 9.17) is 0 Å². The molecule has 0 saturated heterocycles. The first kappa shape index (κ1) is 69.5. The molecule has 0 aromatic heterocycles. The quantitative estimate of drug-likeness (QED) is 0.0678. The van der Waals surface area contributed by atoms with Crippen molar-refractivity contribution in [3.05, 3.63) is 476 Å². The van der Waals surface area contributed by atoms with Gasteiger partial charge in [0.05, 0.1) is 11.1 Å². The first-order valence-corrected chi connectivity index (χ1v) is 34.7. The molecule has 0 saturated carbocycles. The van der Waals surface area contributed by atoms with Crippen LogP contribution in [0.4, 0.5) is 0 Å². The van der Waals surface area contributed by atoms with Gasteiger partial charge in [0.25, 0.3) is 0 Å². The van der Waals surface area contributed by atoms with Gasteiger partial charge < -0.3 is 30.6 Å². The molecule has 0 aliphatic heterocycles. The predicted octanol–water partition coefficient (Wildman–Crippen LogP) is 16.6. The molecule has 0 atom stereocenters. The lowest BCUT2D eigenvalue weighted by molar-refractivity contribution is 0.145. The summed E-state index contributed by atoms with van der Waals surface area (Å²) in [6, 6.07) is 113. The maximum absolute atomic E-state index is 13.7. The molecule has 6 nitrogen and oxygen atoms in total. The maximum atomic E-state index is 13.7. The van der Waals surface area contributed by atoms with Crippen LogP contribution in [0.3, 0.4) is 0 Å². The van der Waals surface area contributed by atoms with Crippen LogP contribution in [0.5, 0.6) is 0 Å². The van der Waals surface area contributed by atoms with Crippen LogP contribution in [-0.2, 0) is 33.6 Å². The molecule has 6 heteroatoms. The Morgan fingerprint density at radius 3 is 0.415 bits per heavy atom. The van der Waals surface area contributed by atoms with E-state index in [9.17, 15) is 30.6 Å². The van der Waals surface area contributed by atoms with Crippen molar-refractivity contribution >= 4 is 10.8 Å². The molecule has 0 amide bonds. The molecule has 0 radical (unpaired) electrons. The number of rotatable bonds is 12. The molecule has 14 aromatic rings.